The van der Waals surface area contributed by atoms with Crippen LogP contribution in [0.2, 0.25) is 0 Å². The number of carbonyl (C=O) groups is 1. The first kappa shape index (κ1) is 27.7. The van der Waals surface area contributed by atoms with Crippen LogP contribution < -0.4 is 19.9 Å². The molecule has 5 rings (SSSR count). The van der Waals surface area contributed by atoms with Crippen molar-refractivity contribution in [2.75, 3.05) is 75.9 Å². The number of carbonyl (C=O) groups excluding carboxylic acids is 1. The van der Waals surface area contributed by atoms with Gasteiger partial charge in [0.25, 0.3) is 5.91 Å². The summed E-state index contributed by atoms with van der Waals surface area (Å²) in [6, 6.07) is 10.4. The van der Waals surface area contributed by atoms with Gasteiger partial charge in [-0.3, -0.25) is 9.69 Å². The van der Waals surface area contributed by atoms with E-state index < -0.39 is 0 Å². The standard InChI is InChI=1S/C31H45N5O3/c1-3-25-12-14-32-30(29(25)38-2)36-18-16-34(17-19-36)15-13-24-4-8-27(9-5-24)33-31(37)26-6-10-28(11-7-26)35-20-22-39-23-21-35/h6-7,10-12,14,24,27H,3-5,8-9,13,15-23H2,1-2H3,(H,33,37). The average Bonchev–Trinajstić information content (AvgIpc) is 3.01. The molecular weight excluding hydrogens is 490 g/mol. The number of nitrogens with one attached hydrogen (secondary N) is 1. The Morgan fingerprint density at radius 2 is 1.69 bits per heavy atom. The molecule has 2 aromatic rings. The molecule has 39 heavy (non-hydrogen) atoms. The fraction of sp³-hybridized carbons (Fsp3) is 0.613. The van der Waals surface area contributed by atoms with Crippen molar-refractivity contribution in [3.63, 3.8) is 0 Å². The second kappa shape index (κ2) is 13.5. The van der Waals surface area contributed by atoms with Crippen LogP contribution in [-0.2, 0) is 11.2 Å². The minimum Gasteiger partial charge on any atom is -0.493 e. The van der Waals surface area contributed by atoms with E-state index in [9.17, 15) is 4.79 Å². The van der Waals surface area contributed by atoms with Gasteiger partial charge in [0.2, 0.25) is 0 Å². The zero-order valence-corrected chi connectivity index (χ0v) is 23.7. The van der Waals surface area contributed by atoms with Crippen molar-refractivity contribution in [1.29, 1.82) is 0 Å². The summed E-state index contributed by atoms with van der Waals surface area (Å²) in [5, 5.41) is 3.29. The molecule has 0 spiro atoms. The van der Waals surface area contributed by atoms with Crippen LogP contribution in [0.4, 0.5) is 11.5 Å². The van der Waals surface area contributed by atoms with Gasteiger partial charge in [-0.2, -0.15) is 0 Å². The van der Waals surface area contributed by atoms with E-state index in [1.807, 2.05) is 18.3 Å². The van der Waals surface area contributed by atoms with E-state index in [1.54, 1.807) is 7.11 Å². The molecule has 1 aromatic carbocycles. The number of aryl methyl sites for hydroxylation is 1. The van der Waals surface area contributed by atoms with Crippen molar-refractivity contribution < 1.29 is 14.3 Å². The van der Waals surface area contributed by atoms with Crippen molar-refractivity contribution >= 4 is 17.4 Å². The number of ether oxygens (including phenoxy) is 2. The van der Waals surface area contributed by atoms with Crippen molar-refractivity contribution in [3.05, 3.63) is 47.7 Å². The molecular formula is C31H45N5O3. The van der Waals surface area contributed by atoms with Crippen LogP contribution >= 0.6 is 0 Å². The number of anilines is 2. The van der Waals surface area contributed by atoms with E-state index in [4.69, 9.17) is 9.47 Å². The highest BCUT2D eigenvalue weighted by molar-refractivity contribution is 5.94. The van der Waals surface area contributed by atoms with Crippen molar-refractivity contribution in [2.24, 2.45) is 5.92 Å². The van der Waals surface area contributed by atoms with Crippen LogP contribution in [-0.4, -0.2) is 88.0 Å². The third-order valence-electron chi connectivity index (χ3n) is 8.77. The first-order chi connectivity index (χ1) is 19.1. The van der Waals surface area contributed by atoms with Crippen LogP contribution in [0.3, 0.4) is 0 Å². The highest BCUT2D eigenvalue weighted by Crippen LogP contribution is 2.31. The Kier molecular flexibility index (Phi) is 9.58. The van der Waals surface area contributed by atoms with E-state index in [1.165, 1.54) is 30.5 Å². The summed E-state index contributed by atoms with van der Waals surface area (Å²) >= 11 is 0. The van der Waals surface area contributed by atoms with E-state index >= 15 is 0 Å². The molecule has 3 fully saturated rings. The number of hydrogen-bond acceptors (Lipinski definition) is 7. The molecule has 0 unspecified atom stereocenters. The van der Waals surface area contributed by atoms with Gasteiger partial charge in [0.15, 0.2) is 11.6 Å². The first-order valence-electron chi connectivity index (χ1n) is 14.9. The maximum Gasteiger partial charge on any atom is 0.251 e. The summed E-state index contributed by atoms with van der Waals surface area (Å²) in [6.07, 6.45) is 8.66. The van der Waals surface area contributed by atoms with E-state index in [2.05, 4.69) is 50.1 Å². The minimum atomic E-state index is 0.0560. The zero-order chi connectivity index (χ0) is 27.0. The second-order valence-corrected chi connectivity index (χ2v) is 11.1. The molecule has 3 heterocycles. The van der Waals surface area contributed by atoms with Crippen molar-refractivity contribution in [3.8, 4) is 5.75 Å². The highest BCUT2D eigenvalue weighted by atomic mass is 16.5. The monoisotopic (exact) mass is 535 g/mol. The third kappa shape index (κ3) is 7.03. The molecule has 1 saturated carbocycles. The van der Waals surface area contributed by atoms with Gasteiger partial charge in [-0.15, -0.1) is 0 Å². The molecule has 212 valence electrons. The Balaban J connectivity index is 1.01. The molecule has 0 atom stereocenters. The molecule has 1 aromatic heterocycles. The number of hydrogen-bond donors (Lipinski definition) is 1. The van der Waals surface area contributed by atoms with Gasteiger partial charge < -0.3 is 24.6 Å². The highest BCUT2D eigenvalue weighted by Gasteiger charge is 2.26. The Morgan fingerprint density at radius 3 is 2.36 bits per heavy atom. The van der Waals surface area contributed by atoms with Gasteiger partial charge in [0.05, 0.1) is 20.3 Å². The fourth-order valence-corrected chi connectivity index (χ4v) is 6.26. The SMILES string of the molecule is CCc1ccnc(N2CCN(CCC3CCC(NC(=O)c4ccc(N5CCOCC5)cc4)CC3)CC2)c1OC. The molecule has 0 bridgehead atoms. The molecule has 0 radical (unpaired) electrons. The maximum atomic E-state index is 12.9. The van der Waals surface area contributed by atoms with Crippen molar-refractivity contribution in [1.82, 2.24) is 15.2 Å². The van der Waals surface area contributed by atoms with Gasteiger partial charge >= 0.3 is 0 Å². The number of nitrogens with zero attached hydrogens (tertiary/aromatic N) is 4. The quantitative estimate of drug-likeness (QED) is 0.521. The number of methoxy groups -OCH3 is 1. The van der Waals surface area contributed by atoms with Gasteiger partial charge in [-0.1, -0.05) is 6.92 Å². The van der Waals surface area contributed by atoms with Crippen LogP contribution in [0.25, 0.3) is 0 Å². The van der Waals surface area contributed by atoms with Gasteiger partial charge in [0.1, 0.15) is 0 Å². The van der Waals surface area contributed by atoms with Crippen LogP contribution in [0.15, 0.2) is 36.5 Å². The predicted octanol–water partition coefficient (Wildman–Crippen LogP) is 3.99. The normalized spacial score (nSPS) is 22.5. The molecule has 2 aliphatic heterocycles. The minimum absolute atomic E-state index is 0.0560. The molecule has 8 heteroatoms. The molecule has 8 nitrogen and oxygen atoms in total. The molecule has 1 amide bonds. The summed E-state index contributed by atoms with van der Waals surface area (Å²) in [6.45, 7) is 10.8. The maximum absolute atomic E-state index is 12.9. The molecule has 1 N–H and O–H groups in total. The van der Waals surface area contributed by atoms with Crippen LogP contribution in [0.5, 0.6) is 5.75 Å². The molecule has 2 saturated heterocycles. The van der Waals surface area contributed by atoms with E-state index in [-0.39, 0.29) is 11.9 Å². The Labute approximate surface area is 233 Å². The lowest BCUT2D eigenvalue weighted by atomic mass is 9.84. The topological polar surface area (TPSA) is 70.2 Å². The zero-order valence-electron chi connectivity index (χ0n) is 23.7. The fourth-order valence-electron chi connectivity index (χ4n) is 6.26. The van der Waals surface area contributed by atoms with E-state index in [0.29, 0.717) is 0 Å². The van der Waals surface area contributed by atoms with E-state index in [0.717, 1.165) is 101 Å². The van der Waals surface area contributed by atoms with Crippen LogP contribution in [0, 0.1) is 5.92 Å². The number of rotatable bonds is 9. The number of aromatic nitrogens is 1. The summed E-state index contributed by atoms with van der Waals surface area (Å²) in [5.41, 5.74) is 3.14. The Morgan fingerprint density at radius 1 is 0.974 bits per heavy atom. The van der Waals surface area contributed by atoms with Crippen LogP contribution in [0.1, 0.15) is 54.9 Å². The average molecular weight is 536 g/mol. The lowest BCUT2D eigenvalue weighted by Crippen LogP contribution is -2.47. The predicted molar refractivity (Wildman–Crippen MR) is 156 cm³/mol. The van der Waals surface area contributed by atoms with Gasteiger partial charge in [0, 0.05) is 62.8 Å². The lowest BCUT2D eigenvalue weighted by molar-refractivity contribution is 0.0919. The number of amides is 1. The second-order valence-electron chi connectivity index (χ2n) is 11.1. The molecule has 3 aliphatic rings. The van der Waals surface area contributed by atoms with Crippen molar-refractivity contribution in [2.45, 2.75) is 51.5 Å². The summed E-state index contributed by atoms with van der Waals surface area (Å²) in [7, 11) is 1.75. The number of piperazine rings is 1. The number of pyridine rings is 1. The van der Waals surface area contributed by atoms with Gasteiger partial charge in [-0.25, -0.2) is 4.98 Å². The largest absolute Gasteiger partial charge is 0.493 e. The first-order valence-corrected chi connectivity index (χ1v) is 14.9. The lowest BCUT2D eigenvalue weighted by Gasteiger charge is -2.37. The Hall–Kier alpha value is -2.84. The Bertz CT molecular complexity index is 1060. The van der Waals surface area contributed by atoms with Gasteiger partial charge in [-0.05, 0) is 86.9 Å². The smallest absolute Gasteiger partial charge is 0.251 e. The number of morpholine rings is 1. The summed E-state index contributed by atoms with van der Waals surface area (Å²) in [4.78, 5) is 24.8. The molecule has 1 aliphatic carbocycles. The summed E-state index contributed by atoms with van der Waals surface area (Å²) in [5.74, 6) is 2.74. The third-order valence-corrected chi connectivity index (χ3v) is 8.77. The number of benzene rings is 1. The summed E-state index contributed by atoms with van der Waals surface area (Å²) < 4.78 is 11.1.